The van der Waals surface area contributed by atoms with Crippen LogP contribution in [0.3, 0.4) is 0 Å². The van der Waals surface area contributed by atoms with Crippen LogP contribution in [0.15, 0.2) is 0 Å². The molecule has 0 bridgehead atoms. The van der Waals surface area contributed by atoms with E-state index in [1.807, 2.05) is 0 Å². The summed E-state index contributed by atoms with van der Waals surface area (Å²) in [6.45, 7) is 3.41. The monoisotopic (exact) mass is 375 g/mol. The molecule has 0 saturated carbocycles. The van der Waals surface area contributed by atoms with E-state index >= 15 is 0 Å². The van der Waals surface area contributed by atoms with Gasteiger partial charge in [0.1, 0.15) is 18.8 Å². The molecule has 1 saturated heterocycles. The molecular formula is C15H18FNO9. The molecule has 1 heterocycles. The van der Waals surface area contributed by atoms with Crippen molar-refractivity contribution in [3.05, 3.63) is 0 Å². The Labute approximate surface area is 148 Å². The van der Waals surface area contributed by atoms with E-state index in [0.717, 1.165) is 27.7 Å². The fourth-order valence-electron chi connectivity index (χ4n) is 2.34. The highest BCUT2D eigenvalue weighted by molar-refractivity contribution is 5.69. The number of carbonyl (C=O) groups excluding carboxylic acids is 4. The zero-order chi connectivity index (χ0) is 20.1. The second kappa shape index (κ2) is 8.57. The van der Waals surface area contributed by atoms with E-state index in [2.05, 4.69) is 0 Å². The number of nitriles is 1. The van der Waals surface area contributed by atoms with Crippen molar-refractivity contribution in [3.8, 4) is 6.07 Å². The van der Waals surface area contributed by atoms with Gasteiger partial charge in [-0.05, 0) is 0 Å². The molecule has 10 nitrogen and oxygen atoms in total. The van der Waals surface area contributed by atoms with Gasteiger partial charge in [0, 0.05) is 27.7 Å². The van der Waals surface area contributed by atoms with E-state index in [-0.39, 0.29) is 0 Å². The fourth-order valence-corrected chi connectivity index (χ4v) is 2.34. The molecule has 0 amide bonds. The standard InChI is InChI=1S/C15H18FNO9/c1-7(18)22-5-11-12(23-8(2)19)13(24-9(3)20)14(25-10(4)21)15(16,6-17)26-11/h11-14H,5H2,1-4H3/t11?,12-,13-,14+,15+/m0/s1. The molecule has 0 aromatic heterocycles. The molecule has 144 valence electrons. The van der Waals surface area contributed by atoms with E-state index in [1.54, 1.807) is 0 Å². The molecule has 11 heteroatoms. The summed E-state index contributed by atoms with van der Waals surface area (Å²) < 4.78 is 39.4. The van der Waals surface area contributed by atoms with Gasteiger partial charge >= 0.3 is 29.7 Å². The summed E-state index contributed by atoms with van der Waals surface area (Å²) in [7, 11) is 0. The second-order valence-corrected chi connectivity index (χ2v) is 5.39. The summed E-state index contributed by atoms with van der Waals surface area (Å²) in [6, 6.07) is 1.19. The quantitative estimate of drug-likeness (QED) is 0.474. The van der Waals surface area contributed by atoms with Crippen LogP contribution in [0.25, 0.3) is 0 Å². The molecule has 5 atom stereocenters. The molecule has 0 aliphatic carbocycles. The number of rotatable bonds is 5. The van der Waals surface area contributed by atoms with Gasteiger partial charge in [-0.15, -0.1) is 0 Å². The highest BCUT2D eigenvalue weighted by Gasteiger charge is 2.61. The lowest BCUT2D eigenvalue weighted by atomic mass is 9.93. The van der Waals surface area contributed by atoms with Crippen molar-refractivity contribution in [2.45, 2.75) is 58.0 Å². The predicted molar refractivity (Wildman–Crippen MR) is 77.6 cm³/mol. The summed E-state index contributed by atoms with van der Waals surface area (Å²) in [6.07, 6.45) is -6.74. The smallest absolute Gasteiger partial charge is 0.338 e. The van der Waals surface area contributed by atoms with Crippen molar-refractivity contribution in [2.75, 3.05) is 6.61 Å². The fraction of sp³-hybridized carbons (Fsp3) is 0.667. The first-order valence-electron chi connectivity index (χ1n) is 7.43. The van der Waals surface area contributed by atoms with Crippen molar-refractivity contribution in [2.24, 2.45) is 0 Å². The average Bonchev–Trinajstić information content (AvgIpc) is 2.50. The molecule has 1 aliphatic heterocycles. The molecular weight excluding hydrogens is 357 g/mol. The maximum absolute atomic E-state index is 15.0. The van der Waals surface area contributed by atoms with Crippen LogP contribution in [0, 0.1) is 11.3 Å². The Bertz CT molecular complexity index is 631. The number of ether oxygens (including phenoxy) is 5. The normalized spacial score (nSPS) is 30.5. The molecule has 0 N–H and O–H groups in total. The van der Waals surface area contributed by atoms with Gasteiger partial charge in [0.15, 0.2) is 12.2 Å². The Hall–Kier alpha value is -2.74. The first-order valence-corrected chi connectivity index (χ1v) is 7.43. The minimum absolute atomic E-state index is 0.606. The van der Waals surface area contributed by atoms with Gasteiger partial charge in [0.25, 0.3) is 0 Å². The largest absolute Gasteiger partial charge is 0.463 e. The SMILES string of the molecule is CC(=O)OCC1O[C@](F)(C#N)[C@H](OC(C)=O)[C@@H](OC(C)=O)[C@H]1OC(C)=O. The van der Waals surface area contributed by atoms with Gasteiger partial charge in [0.05, 0.1) is 0 Å². The molecule has 1 aliphatic rings. The Morgan fingerprint density at radius 1 is 0.962 bits per heavy atom. The lowest BCUT2D eigenvalue weighted by Crippen LogP contribution is -2.66. The van der Waals surface area contributed by atoms with Crippen molar-refractivity contribution >= 4 is 23.9 Å². The van der Waals surface area contributed by atoms with Crippen LogP contribution in [-0.4, -0.2) is 60.8 Å². The van der Waals surface area contributed by atoms with Gasteiger partial charge in [-0.25, -0.2) is 0 Å². The number of carbonyl (C=O) groups is 4. The molecule has 1 unspecified atom stereocenters. The van der Waals surface area contributed by atoms with Crippen molar-refractivity contribution in [3.63, 3.8) is 0 Å². The molecule has 0 spiro atoms. The Morgan fingerprint density at radius 3 is 1.88 bits per heavy atom. The molecule has 0 aromatic rings. The third kappa shape index (κ3) is 5.38. The van der Waals surface area contributed by atoms with Crippen molar-refractivity contribution in [1.82, 2.24) is 0 Å². The zero-order valence-corrected chi connectivity index (χ0v) is 14.5. The summed E-state index contributed by atoms with van der Waals surface area (Å²) >= 11 is 0. The van der Waals surface area contributed by atoms with Crippen LogP contribution >= 0.6 is 0 Å². The van der Waals surface area contributed by atoms with Crippen LogP contribution in [0.5, 0.6) is 0 Å². The third-order valence-electron chi connectivity index (χ3n) is 3.18. The van der Waals surface area contributed by atoms with E-state index in [9.17, 15) is 23.6 Å². The average molecular weight is 375 g/mol. The van der Waals surface area contributed by atoms with Crippen molar-refractivity contribution < 1.29 is 47.3 Å². The molecule has 1 fully saturated rings. The molecule has 1 rings (SSSR count). The lowest BCUT2D eigenvalue weighted by Gasteiger charge is -2.44. The second-order valence-electron chi connectivity index (χ2n) is 5.39. The molecule has 26 heavy (non-hydrogen) atoms. The summed E-state index contributed by atoms with van der Waals surface area (Å²) in [5, 5.41) is 9.15. The Balaban J connectivity index is 3.35. The number of nitrogens with zero attached hydrogens (tertiary/aromatic N) is 1. The van der Waals surface area contributed by atoms with Crippen LogP contribution in [0.1, 0.15) is 27.7 Å². The predicted octanol–water partition coefficient (Wildman–Crippen LogP) is -0.0672. The van der Waals surface area contributed by atoms with Gasteiger partial charge in [-0.1, -0.05) is 0 Å². The number of halogens is 1. The zero-order valence-electron chi connectivity index (χ0n) is 14.5. The summed E-state index contributed by atoms with van der Waals surface area (Å²) in [5.74, 6) is -6.75. The van der Waals surface area contributed by atoms with Crippen LogP contribution < -0.4 is 0 Å². The lowest BCUT2D eigenvalue weighted by molar-refractivity contribution is -0.304. The number of alkyl halides is 1. The van der Waals surface area contributed by atoms with Crippen LogP contribution in [-0.2, 0) is 42.9 Å². The van der Waals surface area contributed by atoms with E-state index in [0.29, 0.717) is 0 Å². The minimum atomic E-state index is -3.24. The topological polar surface area (TPSA) is 138 Å². The van der Waals surface area contributed by atoms with Gasteiger partial charge < -0.3 is 23.7 Å². The Kier molecular flexibility index (Phi) is 7.02. The summed E-state index contributed by atoms with van der Waals surface area (Å²) in [4.78, 5) is 45.1. The van der Waals surface area contributed by atoms with E-state index < -0.39 is 60.8 Å². The summed E-state index contributed by atoms with van der Waals surface area (Å²) in [5.41, 5.74) is 0. The number of hydrogen-bond donors (Lipinski definition) is 0. The number of hydrogen-bond acceptors (Lipinski definition) is 10. The van der Waals surface area contributed by atoms with Crippen molar-refractivity contribution in [1.29, 1.82) is 5.26 Å². The van der Waals surface area contributed by atoms with Crippen LogP contribution in [0.4, 0.5) is 4.39 Å². The van der Waals surface area contributed by atoms with E-state index in [4.69, 9.17) is 28.9 Å². The highest BCUT2D eigenvalue weighted by atomic mass is 19.2. The number of esters is 4. The Morgan fingerprint density at radius 2 is 1.46 bits per heavy atom. The highest BCUT2D eigenvalue weighted by Crippen LogP contribution is 2.36. The van der Waals surface area contributed by atoms with E-state index in [1.165, 1.54) is 6.07 Å². The minimum Gasteiger partial charge on any atom is -0.463 e. The van der Waals surface area contributed by atoms with Gasteiger partial charge in [-0.3, -0.25) is 19.2 Å². The third-order valence-corrected chi connectivity index (χ3v) is 3.18. The first kappa shape index (κ1) is 21.3. The maximum atomic E-state index is 15.0. The maximum Gasteiger partial charge on any atom is 0.338 e. The first-order chi connectivity index (χ1) is 12.0. The molecule has 0 radical (unpaired) electrons. The van der Waals surface area contributed by atoms with Gasteiger partial charge in [0.2, 0.25) is 6.10 Å². The van der Waals surface area contributed by atoms with Gasteiger partial charge in [-0.2, -0.15) is 9.65 Å². The van der Waals surface area contributed by atoms with Crippen LogP contribution in [0.2, 0.25) is 0 Å². The molecule has 0 aromatic carbocycles.